The van der Waals surface area contributed by atoms with Crippen molar-refractivity contribution in [3.63, 3.8) is 0 Å². The summed E-state index contributed by atoms with van der Waals surface area (Å²) in [6.45, 7) is 4.44. The summed E-state index contributed by atoms with van der Waals surface area (Å²) < 4.78 is 0. The number of carbonyl (C=O) groups excluding carboxylic acids is 4. The Labute approximate surface area is 188 Å². The molecule has 0 spiro atoms. The van der Waals surface area contributed by atoms with Crippen LogP contribution in [-0.4, -0.2) is 47.2 Å². The van der Waals surface area contributed by atoms with Gasteiger partial charge in [0.2, 0.25) is 23.6 Å². The molecule has 0 saturated carbocycles. The van der Waals surface area contributed by atoms with Gasteiger partial charge in [-0.05, 0) is 37.2 Å². The van der Waals surface area contributed by atoms with E-state index in [1.54, 1.807) is 12.1 Å². The molecule has 2 N–H and O–H groups in total. The number of imide groups is 1. The van der Waals surface area contributed by atoms with Crippen molar-refractivity contribution in [2.45, 2.75) is 64.0 Å². The third kappa shape index (κ3) is 5.34. The van der Waals surface area contributed by atoms with E-state index in [1.165, 1.54) is 0 Å². The molecule has 32 heavy (non-hydrogen) atoms. The molecule has 0 aliphatic carbocycles. The third-order valence-corrected chi connectivity index (χ3v) is 6.09. The average Bonchev–Trinajstić information content (AvgIpc) is 3.07. The lowest BCUT2D eigenvalue weighted by Crippen LogP contribution is -2.53. The smallest absolute Gasteiger partial charge is 0.244 e. The fourth-order valence-electron chi connectivity index (χ4n) is 4.46. The number of likely N-dealkylation sites (tertiary alicyclic amines) is 1. The summed E-state index contributed by atoms with van der Waals surface area (Å²) in [7, 11) is 0. The molecule has 4 atom stereocenters. The van der Waals surface area contributed by atoms with Crippen LogP contribution in [0, 0.1) is 23.2 Å². The van der Waals surface area contributed by atoms with E-state index in [9.17, 15) is 24.4 Å². The maximum atomic E-state index is 13.2. The Kier molecular flexibility index (Phi) is 7.62. The first-order valence-electron chi connectivity index (χ1n) is 11.2. The van der Waals surface area contributed by atoms with Crippen molar-refractivity contribution >= 4 is 23.6 Å². The second-order valence-corrected chi connectivity index (χ2v) is 8.97. The van der Waals surface area contributed by atoms with Gasteiger partial charge in [-0.15, -0.1) is 0 Å². The maximum Gasteiger partial charge on any atom is 0.244 e. The van der Waals surface area contributed by atoms with Crippen molar-refractivity contribution in [3.05, 3.63) is 35.9 Å². The van der Waals surface area contributed by atoms with Crippen LogP contribution in [0.15, 0.2) is 30.3 Å². The van der Waals surface area contributed by atoms with Crippen LogP contribution in [-0.2, 0) is 19.2 Å². The maximum absolute atomic E-state index is 13.2. The zero-order valence-electron chi connectivity index (χ0n) is 18.5. The van der Waals surface area contributed by atoms with Crippen molar-refractivity contribution in [1.82, 2.24) is 15.5 Å². The molecule has 170 valence electrons. The number of hydrogen-bond donors (Lipinski definition) is 2. The highest BCUT2D eigenvalue weighted by Crippen LogP contribution is 2.32. The van der Waals surface area contributed by atoms with Gasteiger partial charge in [-0.1, -0.05) is 44.2 Å². The van der Waals surface area contributed by atoms with E-state index in [-0.39, 0.29) is 42.4 Å². The fourth-order valence-corrected chi connectivity index (χ4v) is 4.46. The molecule has 2 heterocycles. The number of nitrogens with zero attached hydrogens (tertiary/aromatic N) is 2. The first-order valence-corrected chi connectivity index (χ1v) is 11.2. The number of rotatable bonds is 8. The topological polar surface area (TPSA) is 119 Å². The van der Waals surface area contributed by atoms with E-state index >= 15 is 0 Å². The molecular formula is C24H30N4O4. The zero-order chi connectivity index (χ0) is 23.3. The zero-order valence-corrected chi connectivity index (χ0v) is 18.5. The minimum Gasteiger partial charge on any atom is -0.356 e. The summed E-state index contributed by atoms with van der Waals surface area (Å²) in [6, 6.07) is 9.27. The normalized spacial score (nSPS) is 22.9. The predicted molar refractivity (Wildman–Crippen MR) is 117 cm³/mol. The van der Waals surface area contributed by atoms with E-state index in [2.05, 4.69) is 16.7 Å². The van der Waals surface area contributed by atoms with Crippen molar-refractivity contribution in [2.75, 3.05) is 6.54 Å². The molecule has 3 rings (SSSR count). The summed E-state index contributed by atoms with van der Waals surface area (Å²) >= 11 is 0. The van der Waals surface area contributed by atoms with E-state index in [1.807, 2.05) is 32.0 Å². The number of amides is 4. The Morgan fingerprint density at radius 2 is 1.97 bits per heavy atom. The summed E-state index contributed by atoms with van der Waals surface area (Å²) in [5.74, 6) is -2.31. The molecule has 8 heteroatoms. The largest absolute Gasteiger partial charge is 0.356 e. The molecule has 4 amide bonds. The van der Waals surface area contributed by atoms with Crippen molar-refractivity contribution < 1.29 is 19.2 Å². The minimum atomic E-state index is -0.986. The van der Waals surface area contributed by atoms with Crippen molar-refractivity contribution in [1.29, 1.82) is 5.26 Å². The second-order valence-electron chi connectivity index (χ2n) is 8.97. The molecular weight excluding hydrogens is 408 g/mol. The van der Waals surface area contributed by atoms with Gasteiger partial charge in [-0.25, -0.2) is 0 Å². The highest BCUT2D eigenvalue weighted by molar-refractivity contribution is 6.09. The van der Waals surface area contributed by atoms with Crippen LogP contribution in [0.2, 0.25) is 0 Å². The molecule has 8 nitrogen and oxygen atoms in total. The number of benzene rings is 1. The number of piperidine rings is 1. The molecule has 2 aliphatic heterocycles. The van der Waals surface area contributed by atoms with Crippen LogP contribution in [0.1, 0.15) is 57.4 Å². The number of nitrogens with one attached hydrogen (secondary N) is 2. The Bertz CT molecular complexity index is 908. The summed E-state index contributed by atoms with van der Waals surface area (Å²) in [5.41, 5.74) is 0.746. The number of nitriles is 1. The van der Waals surface area contributed by atoms with Gasteiger partial charge < -0.3 is 10.6 Å². The molecule has 0 aromatic heterocycles. The van der Waals surface area contributed by atoms with Crippen LogP contribution < -0.4 is 10.6 Å². The van der Waals surface area contributed by atoms with Crippen LogP contribution in [0.5, 0.6) is 0 Å². The first kappa shape index (κ1) is 23.5. The molecule has 1 aromatic carbocycles. The minimum absolute atomic E-state index is 0.0225. The van der Waals surface area contributed by atoms with Crippen LogP contribution in [0.3, 0.4) is 0 Å². The highest BCUT2D eigenvalue weighted by atomic mass is 16.2. The lowest BCUT2D eigenvalue weighted by atomic mass is 9.91. The first-order chi connectivity index (χ1) is 15.3. The highest BCUT2D eigenvalue weighted by Gasteiger charge is 2.45. The van der Waals surface area contributed by atoms with Gasteiger partial charge in [-0.2, -0.15) is 5.26 Å². The summed E-state index contributed by atoms with van der Waals surface area (Å²) in [6.07, 6.45) is 2.02. The predicted octanol–water partition coefficient (Wildman–Crippen LogP) is 1.87. The third-order valence-electron chi connectivity index (χ3n) is 6.09. The SMILES string of the molecule is CC(C)C[C@@H](C(=O)N[C@H](C#N)C[C@@H]1CCCNC1=O)N1C(=O)C[C@H](c2ccccc2)C1=O. The molecule has 0 radical (unpaired) electrons. The van der Waals surface area contributed by atoms with Gasteiger partial charge in [0.1, 0.15) is 12.1 Å². The van der Waals surface area contributed by atoms with Gasteiger partial charge >= 0.3 is 0 Å². The van der Waals surface area contributed by atoms with Gasteiger partial charge in [0.15, 0.2) is 0 Å². The Morgan fingerprint density at radius 1 is 1.25 bits per heavy atom. The number of carbonyl (C=O) groups is 4. The lowest BCUT2D eigenvalue weighted by Gasteiger charge is -2.29. The molecule has 0 bridgehead atoms. The average molecular weight is 439 g/mol. The summed E-state index contributed by atoms with van der Waals surface area (Å²) in [5, 5.41) is 15.0. The number of hydrogen-bond acceptors (Lipinski definition) is 5. The van der Waals surface area contributed by atoms with Crippen LogP contribution in [0.25, 0.3) is 0 Å². The molecule has 0 unspecified atom stereocenters. The molecule has 1 aromatic rings. The van der Waals surface area contributed by atoms with Crippen LogP contribution >= 0.6 is 0 Å². The quantitative estimate of drug-likeness (QED) is 0.601. The van der Waals surface area contributed by atoms with Gasteiger partial charge in [0, 0.05) is 18.9 Å². The molecule has 2 fully saturated rings. The lowest BCUT2D eigenvalue weighted by molar-refractivity contribution is -0.147. The Morgan fingerprint density at radius 3 is 2.59 bits per heavy atom. The standard InChI is InChI=1S/C24H30N4O4/c1-15(2)11-20(23(31)27-18(14-25)12-17-9-6-10-26-22(17)30)28-21(29)13-19(24(28)32)16-7-4-3-5-8-16/h3-5,7-8,15,17-20H,6,9-13H2,1-2H3,(H,26,30)(H,27,31)/t17-,18-,19+,20-/m0/s1. The summed E-state index contributed by atoms with van der Waals surface area (Å²) in [4.78, 5) is 52.3. The Balaban J connectivity index is 1.75. The van der Waals surface area contributed by atoms with Gasteiger partial charge in [-0.3, -0.25) is 24.1 Å². The van der Waals surface area contributed by atoms with Crippen molar-refractivity contribution in [2.24, 2.45) is 11.8 Å². The van der Waals surface area contributed by atoms with Crippen LogP contribution in [0.4, 0.5) is 0 Å². The molecule has 2 aliphatic rings. The fraction of sp³-hybridized carbons (Fsp3) is 0.542. The molecule has 2 saturated heterocycles. The second kappa shape index (κ2) is 10.4. The monoisotopic (exact) mass is 438 g/mol. The van der Waals surface area contributed by atoms with E-state index in [4.69, 9.17) is 0 Å². The van der Waals surface area contributed by atoms with E-state index in [0.29, 0.717) is 19.4 Å². The van der Waals surface area contributed by atoms with Gasteiger partial charge in [0.25, 0.3) is 0 Å². The Hall–Kier alpha value is -3.21. The van der Waals surface area contributed by atoms with E-state index in [0.717, 1.165) is 16.9 Å². The van der Waals surface area contributed by atoms with E-state index < -0.39 is 23.9 Å². The van der Waals surface area contributed by atoms with Crippen molar-refractivity contribution in [3.8, 4) is 6.07 Å². The van der Waals surface area contributed by atoms with Gasteiger partial charge in [0.05, 0.1) is 12.0 Å².